The van der Waals surface area contributed by atoms with Gasteiger partial charge in [0.05, 0.1) is 5.56 Å². The molecule has 0 N–H and O–H groups in total. The number of hydrogen-bond donors (Lipinski definition) is 0. The number of carbonyl (C=O) groups is 1. The monoisotopic (exact) mass is 389 g/mol. The van der Waals surface area contributed by atoms with E-state index < -0.39 is 11.7 Å². The van der Waals surface area contributed by atoms with E-state index in [-0.39, 0.29) is 23.0 Å². The van der Waals surface area contributed by atoms with E-state index in [9.17, 15) is 18.0 Å². The van der Waals surface area contributed by atoms with Gasteiger partial charge in [0.15, 0.2) is 0 Å². The molecule has 0 aliphatic heterocycles. The van der Waals surface area contributed by atoms with Crippen LogP contribution in [-0.2, 0) is 10.9 Å². The maximum Gasteiger partial charge on any atom is 0.416 e. The Morgan fingerprint density at radius 3 is 2.31 bits per heavy atom. The van der Waals surface area contributed by atoms with E-state index in [2.05, 4.69) is 0 Å². The van der Waals surface area contributed by atoms with Gasteiger partial charge in [-0.05, 0) is 64.7 Å². The predicted octanol–water partition coefficient (Wildman–Crippen LogP) is 5.98. The van der Waals surface area contributed by atoms with Crippen molar-refractivity contribution < 1.29 is 22.7 Å². The number of alkyl halides is 3. The van der Waals surface area contributed by atoms with Crippen molar-refractivity contribution in [1.82, 2.24) is 4.90 Å². The van der Waals surface area contributed by atoms with Crippen molar-refractivity contribution >= 4 is 17.9 Å². The summed E-state index contributed by atoms with van der Waals surface area (Å²) in [4.78, 5) is 14.4. The SMILES string of the molecule is CN(C(=O)OC1CCC(Sc2cccc(C(F)(F)F)c2)CC1)C(C)(C)C. The van der Waals surface area contributed by atoms with Crippen molar-refractivity contribution in [3.05, 3.63) is 29.8 Å². The van der Waals surface area contributed by atoms with Crippen LogP contribution in [0.1, 0.15) is 52.0 Å². The van der Waals surface area contributed by atoms with E-state index in [0.717, 1.165) is 31.7 Å². The third-order valence-corrected chi connectivity index (χ3v) is 5.96. The molecule has 0 aromatic heterocycles. The lowest BCUT2D eigenvalue weighted by atomic mass is 9.97. The van der Waals surface area contributed by atoms with Gasteiger partial charge in [-0.3, -0.25) is 0 Å². The van der Waals surface area contributed by atoms with Crippen molar-refractivity contribution in [1.29, 1.82) is 0 Å². The molecule has 0 atom stereocenters. The zero-order valence-electron chi connectivity index (χ0n) is 15.6. The molecule has 0 bridgehead atoms. The van der Waals surface area contributed by atoms with Gasteiger partial charge >= 0.3 is 12.3 Å². The number of carbonyl (C=O) groups excluding carboxylic acids is 1. The van der Waals surface area contributed by atoms with Crippen LogP contribution in [0, 0.1) is 0 Å². The molecular formula is C19H26F3NO2S. The first kappa shape index (κ1) is 20.9. The Morgan fingerprint density at radius 1 is 1.15 bits per heavy atom. The molecule has 1 aliphatic rings. The van der Waals surface area contributed by atoms with Crippen LogP contribution < -0.4 is 0 Å². The van der Waals surface area contributed by atoms with E-state index in [1.54, 1.807) is 18.0 Å². The van der Waals surface area contributed by atoms with Crippen molar-refractivity contribution in [2.75, 3.05) is 7.05 Å². The molecule has 0 spiro atoms. The molecule has 1 aliphatic carbocycles. The Labute approximate surface area is 157 Å². The molecule has 1 amide bonds. The van der Waals surface area contributed by atoms with Crippen LogP contribution in [0.3, 0.4) is 0 Å². The molecule has 3 nitrogen and oxygen atoms in total. The lowest BCUT2D eigenvalue weighted by molar-refractivity contribution is -0.137. The second kappa shape index (κ2) is 8.11. The van der Waals surface area contributed by atoms with Crippen LogP contribution in [0.5, 0.6) is 0 Å². The third-order valence-electron chi connectivity index (χ3n) is 4.63. The number of halogens is 3. The first-order valence-corrected chi connectivity index (χ1v) is 9.63. The van der Waals surface area contributed by atoms with E-state index in [1.807, 2.05) is 20.8 Å². The third kappa shape index (κ3) is 5.83. The van der Waals surface area contributed by atoms with E-state index in [0.29, 0.717) is 4.90 Å². The lowest BCUT2D eigenvalue weighted by Gasteiger charge is -2.34. The van der Waals surface area contributed by atoms with Crippen LogP contribution in [0.4, 0.5) is 18.0 Å². The Morgan fingerprint density at radius 2 is 1.77 bits per heavy atom. The average Bonchev–Trinajstić information content (AvgIpc) is 2.54. The molecule has 0 unspecified atom stereocenters. The van der Waals surface area contributed by atoms with Gasteiger partial charge in [0.2, 0.25) is 0 Å². The highest BCUT2D eigenvalue weighted by Gasteiger charge is 2.31. The fraction of sp³-hybridized carbons (Fsp3) is 0.632. The minimum Gasteiger partial charge on any atom is -0.446 e. The molecule has 0 radical (unpaired) electrons. The van der Waals surface area contributed by atoms with Gasteiger partial charge in [-0.2, -0.15) is 13.2 Å². The largest absolute Gasteiger partial charge is 0.446 e. The fourth-order valence-corrected chi connectivity index (χ4v) is 3.95. The normalized spacial score (nSPS) is 21.3. The summed E-state index contributed by atoms with van der Waals surface area (Å²) in [5, 5.41) is 0.244. The summed E-state index contributed by atoms with van der Waals surface area (Å²) in [6.07, 6.45) is -1.66. The quantitative estimate of drug-likeness (QED) is 0.637. The number of thioether (sulfide) groups is 1. The van der Waals surface area contributed by atoms with Crippen LogP contribution in [-0.4, -0.2) is 34.9 Å². The summed E-state index contributed by atoms with van der Waals surface area (Å²) in [6.45, 7) is 5.82. The second-order valence-corrected chi connectivity index (χ2v) is 9.03. The summed E-state index contributed by atoms with van der Waals surface area (Å²) in [5.41, 5.74) is -0.913. The Kier molecular flexibility index (Phi) is 6.53. The number of rotatable bonds is 3. The molecule has 1 aromatic rings. The molecule has 0 heterocycles. The first-order chi connectivity index (χ1) is 12.0. The second-order valence-electron chi connectivity index (χ2n) is 7.66. The highest BCUT2D eigenvalue weighted by Crippen LogP contribution is 2.37. The van der Waals surface area contributed by atoms with E-state index in [4.69, 9.17) is 4.74 Å². The van der Waals surface area contributed by atoms with E-state index in [1.165, 1.54) is 23.9 Å². The zero-order chi connectivity index (χ0) is 19.5. The minimum absolute atomic E-state index is 0.120. The number of amides is 1. The molecule has 1 saturated carbocycles. The van der Waals surface area contributed by atoms with E-state index >= 15 is 0 Å². The van der Waals surface area contributed by atoms with Crippen LogP contribution in [0.2, 0.25) is 0 Å². The smallest absolute Gasteiger partial charge is 0.416 e. The number of nitrogens with zero attached hydrogens (tertiary/aromatic N) is 1. The maximum atomic E-state index is 12.8. The molecular weight excluding hydrogens is 363 g/mol. The summed E-state index contributed by atoms with van der Waals surface area (Å²) in [5.74, 6) is 0. The minimum atomic E-state index is -4.32. The van der Waals surface area contributed by atoms with Crippen molar-refractivity contribution in [3.8, 4) is 0 Å². The van der Waals surface area contributed by atoms with Gasteiger partial charge in [0.25, 0.3) is 0 Å². The van der Waals surface area contributed by atoms with Gasteiger partial charge in [0.1, 0.15) is 6.10 Å². The van der Waals surface area contributed by atoms with Gasteiger partial charge in [-0.25, -0.2) is 4.79 Å². The van der Waals surface area contributed by atoms with Crippen molar-refractivity contribution in [3.63, 3.8) is 0 Å². The highest BCUT2D eigenvalue weighted by molar-refractivity contribution is 8.00. The summed E-state index contributed by atoms with van der Waals surface area (Å²) >= 11 is 1.48. The molecule has 1 fully saturated rings. The topological polar surface area (TPSA) is 29.5 Å². The van der Waals surface area contributed by atoms with Gasteiger partial charge in [0, 0.05) is 22.7 Å². The predicted molar refractivity (Wildman–Crippen MR) is 97.3 cm³/mol. The highest BCUT2D eigenvalue weighted by atomic mass is 32.2. The Balaban J connectivity index is 1.85. The number of benzene rings is 1. The number of ether oxygens (including phenoxy) is 1. The van der Waals surface area contributed by atoms with Gasteiger partial charge in [-0.1, -0.05) is 6.07 Å². The zero-order valence-corrected chi connectivity index (χ0v) is 16.4. The Hall–Kier alpha value is -1.37. The standard InChI is InChI=1S/C19H26F3NO2S/c1-18(2,3)23(4)17(24)25-14-8-10-15(11-9-14)26-16-7-5-6-13(12-16)19(20,21)22/h5-7,12,14-15H,8-11H2,1-4H3. The molecule has 0 saturated heterocycles. The maximum absolute atomic E-state index is 12.8. The summed E-state index contributed by atoms with van der Waals surface area (Å²) in [7, 11) is 1.72. The van der Waals surface area contributed by atoms with Gasteiger partial charge < -0.3 is 9.64 Å². The lowest BCUT2D eigenvalue weighted by Crippen LogP contribution is -2.44. The molecule has 2 rings (SSSR count). The first-order valence-electron chi connectivity index (χ1n) is 8.75. The summed E-state index contributed by atoms with van der Waals surface area (Å²) in [6, 6.07) is 5.45. The summed E-state index contributed by atoms with van der Waals surface area (Å²) < 4.78 is 44.0. The molecule has 1 aromatic carbocycles. The van der Waals surface area contributed by atoms with Crippen LogP contribution in [0.25, 0.3) is 0 Å². The van der Waals surface area contributed by atoms with Crippen molar-refractivity contribution in [2.24, 2.45) is 0 Å². The molecule has 26 heavy (non-hydrogen) atoms. The fourth-order valence-electron chi connectivity index (χ4n) is 2.70. The average molecular weight is 389 g/mol. The molecule has 146 valence electrons. The molecule has 7 heteroatoms. The Bertz CT molecular complexity index is 620. The van der Waals surface area contributed by atoms with Crippen LogP contribution in [0.15, 0.2) is 29.2 Å². The van der Waals surface area contributed by atoms with Crippen LogP contribution >= 0.6 is 11.8 Å². The number of hydrogen-bond acceptors (Lipinski definition) is 3. The van der Waals surface area contributed by atoms with Crippen molar-refractivity contribution in [2.45, 2.75) is 74.4 Å². The van der Waals surface area contributed by atoms with Gasteiger partial charge in [-0.15, -0.1) is 11.8 Å².